The number of fused-ring (bicyclic) bond motifs is 1. The van der Waals surface area contributed by atoms with Crippen molar-refractivity contribution in [1.82, 2.24) is 4.98 Å². The number of pyridine rings is 1. The molecule has 158 valence electrons. The lowest BCUT2D eigenvalue weighted by molar-refractivity contribution is -0.137. The highest BCUT2D eigenvalue weighted by Crippen LogP contribution is 2.36. The van der Waals surface area contributed by atoms with Gasteiger partial charge in [0.05, 0.1) is 16.8 Å². The van der Waals surface area contributed by atoms with E-state index in [1.165, 1.54) is 17.7 Å². The van der Waals surface area contributed by atoms with E-state index in [0.717, 1.165) is 41.3 Å². The molecule has 0 aliphatic rings. The number of hydrogen-bond donors (Lipinski definition) is 0. The van der Waals surface area contributed by atoms with Crippen LogP contribution in [0.15, 0.2) is 72.8 Å². The number of hydrogen-bond acceptors (Lipinski definition) is 1. The van der Waals surface area contributed by atoms with Crippen molar-refractivity contribution in [2.24, 2.45) is 0 Å². The molecular weight excluding hydrogens is 395 g/mol. The highest BCUT2D eigenvalue weighted by molar-refractivity contribution is 5.85. The monoisotopic (exact) mass is 419 g/mol. The molecule has 0 atom stereocenters. The van der Waals surface area contributed by atoms with E-state index in [2.05, 4.69) is 11.9 Å². The largest absolute Gasteiger partial charge is 0.416 e. The van der Waals surface area contributed by atoms with Gasteiger partial charge in [-0.3, -0.25) is 0 Å². The Morgan fingerprint density at radius 3 is 2.26 bits per heavy atom. The Hall–Kier alpha value is -3.14. The molecule has 3 aromatic carbocycles. The maximum Gasteiger partial charge on any atom is 0.416 e. The Balaban J connectivity index is 1.80. The van der Waals surface area contributed by atoms with Crippen molar-refractivity contribution < 1.29 is 13.2 Å². The molecule has 0 radical (unpaired) electrons. The summed E-state index contributed by atoms with van der Waals surface area (Å²) in [7, 11) is 0. The Labute approximate surface area is 180 Å². The number of aromatic nitrogens is 1. The van der Waals surface area contributed by atoms with Crippen LogP contribution in [0.2, 0.25) is 0 Å². The van der Waals surface area contributed by atoms with Gasteiger partial charge in [-0.1, -0.05) is 55.8 Å². The third-order valence-electron chi connectivity index (χ3n) is 5.61. The first-order chi connectivity index (χ1) is 14.8. The molecule has 0 aliphatic carbocycles. The average Bonchev–Trinajstić information content (AvgIpc) is 2.77. The van der Waals surface area contributed by atoms with Gasteiger partial charge < -0.3 is 0 Å². The number of nitrogens with zero attached hydrogens (tertiary/aromatic N) is 1. The first-order valence-electron chi connectivity index (χ1n) is 10.5. The van der Waals surface area contributed by atoms with Crippen LogP contribution in [0.4, 0.5) is 13.2 Å². The maximum atomic E-state index is 13.7. The molecule has 1 nitrogen and oxygen atoms in total. The van der Waals surface area contributed by atoms with Crippen molar-refractivity contribution in [2.45, 2.75) is 39.3 Å². The molecular formula is C27H24F3N. The predicted octanol–water partition coefficient (Wildman–Crippen LogP) is 8.24. The second-order valence-corrected chi connectivity index (χ2v) is 7.94. The molecule has 1 aromatic heterocycles. The van der Waals surface area contributed by atoms with E-state index in [0.29, 0.717) is 16.8 Å². The van der Waals surface area contributed by atoms with Gasteiger partial charge in [0, 0.05) is 10.9 Å². The third-order valence-corrected chi connectivity index (χ3v) is 5.61. The Morgan fingerprint density at radius 1 is 0.806 bits per heavy atom. The van der Waals surface area contributed by atoms with Crippen LogP contribution in [0.5, 0.6) is 0 Å². The first-order valence-corrected chi connectivity index (χ1v) is 10.5. The topological polar surface area (TPSA) is 12.9 Å². The van der Waals surface area contributed by atoms with E-state index in [1.54, 1.807) is 12.1 Å². The van der Waals surface area contributed by atoms with E-state index >= 15 is 0 Å². The SMILES string of the molecule is CCCCc1ccc(-c2cc(-c3ccc4c(C)cccc4n3)cc(C(F)(F)F)c2)cc1. The summed E-state index contributed by atoms with van der Waals surface area (Å²) in [5.41, 5.74) is 4.70. The number of rotatable bonds is 5. The average molecular weight is 419 g/mol. The second-order valence-electron chi connectivity index (χ2n) is 7.94. The molecule has 31 heavy (non-hydrogen) atoms. The Kier molecular flexibility index (Phi) is 5.81. The van der Waals surface area contributed by atoms with Crippen LogP contribution in [-0.2, 0) is 12.6 Å². The predicted molar refractivity (Wildman–Crippen MR) is 121 cm³/mol. The molecule has 4 rings (SSSR count). The fourth-order valence-electron chi connectivity index (χ4n) is 3.82. The van der Waals surface area contributed by atoms with Gasteiger partial charge in [-0.25, -0.2) is 4.98 Å². The number of alkyl halides is 3. The van der Waals surface area contributed by atoms with Crippen molar-refractivity contribution in [3.05, 3.63) is 89.5 Å². The molecule has 0 N–H and O–H groups in total. The molecule has 0 amide bonds. The zero-order valence-corrected chi connectivity index (χ0v) is 17.6. The number of aryl methyl sites for hydroxylation is 2. The van der Waals surface area contributed by atoms with Crippen LogP contribution in [0.3, 0.4) is 0 Å². The molecule has 0 saturated carbocycles. The van der Waals surface area contributed by atoms with E-state index in [1.807, 2.05) is 55.5 Å². The fourth-order valence-corrected chi connectivity index (χ4v) is 3.82. The first kappa shape index (κ1) is 21.1. The van der Waals surface area contributed by atoms with Crippen molar-refractivity contribution in [1.29, 1.82) is 0 Å². The molecule has 4 aromatic rings. The highest BCUT2D eigenvalue weighted by atomic mass is 19.4. The van der Waals surface area contributed by atoms with Crippen LogP contribution in [0.25, 0.3) is 33.3 Å². The van der Waals surface area contributed by atoms with Gasteiger partial charge in [0.1, 0.15) is 0 Å². The van der Waals surface area contributed by atoms with Gasteiger partial charge in [-0.05, 0) is 72.4 Å². The highest BCUT2D eigenvalue weighted by Gasteiger charge is 2.31. The lowest BCUT2D eigenvalue weighted by atomic mass is 9.96. The summed E-state index contributed by atoms with van der Waals surface area (Å²) in [6.07, 6.45) is -1.25. The quantitative estimate of drug-likeness (QED) is 0.317. The van der Waals surface area contributed by atoms with E-state index in [4.69, 9.17) is 0 Å². The zero-order chi connectivity index (χ0) is 22.0. The summed E-state index contributed by atoms with van der Waals surface area (Å²) >= 11 is 0. The van der Waals surface area contributed by atoms with Gasteiger partial charge in [0.25, 0.3) is 0 Å². The summed E-state index contributed by atoms with van der Waals surface area (Å²) in [5, 5.41) is 1.00. The molecule has 0 spiro atoms. The molecule has 1 heterocycles. The van der Waals surface area contributed by atoms with Crippen LogP contribution in [-0.4, -0.2) is 4.98 Å². The van der Waals surface area contributed by atoms with Crippen LogP contribution >= 0.6 is 0 Å². The van der Waals surface area contributed by atoms with Gasteiger partial charge in [0.2, 0.25) is 0 Å². The summed E-state index contributed by atoms with van der Waals surface area (Å²) in [5.74, 6) is 0. The third kappa shape index (κ3) is 4.63. The molecule has 0 bridgehead atoms. The number of halogens is 3. The standard InChI is InChI=1S/C27H24F3N/c1-3-4-7-19-9-11-20(12-10-19)21-15-22(17-23(16-21)27(28,29)30)25-14-13-24-18(2)6-5-8-26(24)31-25/h5-6,8-17H,3-4,7H2,1-2H3. The fraction of sp³-hybridized carbons (Fsp3) is 0.222. The molecule has 0 fully saturated rings. The van der Waals surface area contributed by atoms with Crippen molar-refractivity contribution in [3.63, 3.8) is 0 Å². The van der Waals surface area contributed by atoms with Crippen LogP contribution in [0, 0.1) is 6.92 Å². The Morgan fingerprint density at radius 2 is 1.55 bits per heavy atom. The van der Waals surface area contributed by atoms with Crippen LogP contribution in [0.1, 0.15) is 36.5 Å². The van der Waals surface area contributed by atoms with Gasteiger partial charge in [-0.2, -0.15) is 13.2 Å². The smallest absolute Gasteiger partial charge is 0.248 e. The molecule has 0 aliphatic heterocycles. The van der Waals surface area contributed by atoms with Gasteiger partial charge in [-0.15, -0.1) is 0 Å². The van der Waals surface area contributed by atoms with Gasteiger partial charge >= 0.3 is 6.18 Å². The minimum Gasteiger partial charge on any atom is -0.248 e. The van der Waals surface area contributed by atoms with Crippen LogP contribution < -0.4 is 0 Å². The Bertz CT molecular complexity index is 1210. The molecule has 0 unspecified atom stereocenters. The summed E-state index contributed by atoms with van der Waals surface area (Å²) in [6.45, 7) is 4.14. The van der Waals surface area contributed by atoms with E-state index in [-0.39, 0.29) is 0 Å². The zero-order valence-electron chi connectivity index (χ0n) is 17.6. The summed E-state index contributed by atoms with van der Waals surface area (Å²) in [4.78, 5) is 4.64. The summed E-state index contributed by atoms with van der Waals surface area (Å²) in [6, 6.07) is 21.5. The van der Waals surface area contributed by atoms with Crippen molar-refractivity contribution in [2.75, 3.05) is 0 Å². The maximum absolute atomic E-state index is 13.7. The lowest BCUT2D eigenvalue weighted by Gasteiger charge is -2.13. The van der Waals surface area contributed by atoms with E-state index < -0.39 is 11.7 Å². The second kappa shape index (κ2) is 8.54. The minimum atomic E-state index is -4.43. The van der Waals surface area contributed by atoms with Crippen molar-refractivity contribution in [3.8, 4) is 22.4 Å². The van der Waals surface area contributed by atoms with Crippen molar-refractivity contribution >= 4 is 10.9 Å². The minimum absolute atomic E-state index is 0.461. The number of unbranched alkanes of at least 4 members (excludes halogenated alkanes) is 1. The molecule has 4 heteroatoms. The summed E-state index contributed by atoms with van der Waals surface area (Å²) < 4.78 is 41.0. The number of benzene rings is 3. The lowest BCUT2D eigenvalue weighted by Crippen LogP contribution is -2.05. The van der Waals surface area contributed by atoms with E-state index in [9.17, 15) is 13.2 Å². The molecule has 0 saturated heterocycles. The normalized spacial score (nSPS) is 11.8. The van der Waals surface area contributed by atoms with Gasteiger partial charge in [0.15, 0.2) is 0 Å².